The van der Waals surface area contributed by atoms with Crippen molar-refractivity contribution < 1.29 is 9.32 Å². The van der Waals surface area contributed by atoms with Gasteiger partial charge in [-0.15, -0.1) is 0 Å². The van der Waals surface area contributed by atoms with Crippen molar-refractivity contribution in [1.82, 2.24) is 10.1 Å². The molecular formula is C19H25N3O2. The Bertz CT molecular complexity index is 723. The SMILES string of the molecule is CCc1ccccc1NC(=O)N1CCC[C@@H]1c1c(C)noc1CC. The zero-order chi connectivity index (χ0) is 17.1. The number of carbonyl (C=O) groups is 1. The molecule has 5 heteroatoms. The van der Waals surface area contributed by atoms with Gasteiger partial charge in [-0.3, -0.25) is 0 Å². The predicted molar refractivity (Wildman–Crippen MR) is 94.1 cm³/mol. The van der Waals surface area contributed by atoms with Gasteiger partial charge in [-0.05, 0) is 37.8 Å². The fourth-order valence-corrected chi connectivity index (χ4v) is 3.55. The average molecular weight is 327 g/mol. The Kier molecular flexibility index (Phi) is 4.88. The summed E-state index contributed by atoms with van der Waals surface area (Å²) in [5.74, 6) is 0.895. The van der Waals surface area contributed by atoms with Crippen LogP contribution in [0.4, 0.5) is 10.5 Å². The molecule has 24 heavy (non-hydrogen) atoms. The number of aromatic nitrogens is 1. The van der Waals surface area contributed by atoms with Crippen LogP contribution in [0, 0.1) is 6.92 Å². The molecule has 2 heterocycles. The fraction of sp³-hybridized carbons (Fsp3) is 0.474. The number of anilines is 1. The summed E-state index contributed by atoms with van der Waals surface area (Å²) in [4.78, 5) is 14.8. The van der Waals surface area contributed by atoms with Gasteiger partial charge in [0.25, 0.3) is 0 Å². The molecule has 2 aromatic rings. The van der Waals surface area contributed by atoms with Crippen molar-refractivity contribution in [2.75, 3.05) is 11.9 Å². The highest BCUT2D eigenvalue weighted by atomic mass is 16.5. The summed E-state index contributed by atoms with van der Waals surface area (Å²) in [5, 5.41) is 7.19. The van der Waals surface area contributed by atoms with E-state index >= 15 is 0 Å². The molecule has 1 aromatic heterocycles. The Morgan fingerprint density at radius 3 is 2.88 bits per heavy atom. The van der Waals surface area contributed by atoms with Crippen LogP contribution < -0.4 is 5.32 Å². The van der Waals surface area contributed by atoms with E-state index in [1.165, 1.54) is 0 Å². The van der Waals surface area contributed by atoms with Gasteiger partial charge in [-0.25, -0.2) is 4.79 Å². The van der Waals surface area contributed by atoms with Gasteiger partial charge in [0.05, 0.1) is 11.7 Å². The molecule has 1 fully saturated rings. The first-order chi connectivity index (χ1) is 11.7. The second kappa shape index (κ2) is 7.07. The average Bonchev–Trinajstić information content (AvgIpc) is 3.21. The smallest absolute Gasteiger partial charge is 0.322 e. The van der Waals surface area contributed by atoms with E-state index in [4.69, 9.17) is 4.52 Å². The molecule has 1 atom stereocenters. The van der Waals surface area contributed by atoms with Gasteiger partial charge < -0.3 is 14.7 Å². The van der Waals surface area contributed by atoms with Crippen molar-refractivity contribution in [1.29, 1.82) is 0 Å². The number of amides is 2. The number of para-hydroxylation sites is 1. The highest BCUT2D eigenvalue weighted by Gasteiger charge is 2.34. The Balaban J connectivity index is 1.82. The van der Waals surface area contributed by atoms with Gasteiger partial charge >= 0.3 is 6.03 Å². The van der Waals surface area contributed by atoms with Crippen LogP contribution in [-0.4, -0.2) is 22.6 Å². The number of rotatable bonds is 4. The minimum atomic E-state index is -0.0407. The second-order valence-electron chi connectivity index (χ2n) is 6.25. The van der Waals surface area contributed by atoms with E-state index < -0.39 is 0 Å². The van der Waals surface area contributed by atoms with E-state index in [1.807, 2.05) is 30.0 Å². The van der Waals surface area contributed by atoms with E-state index in [9.17, 15) is 4.79 Å². The third-order valence-electron chi connectivity index (χ3n) is 4.79. The van der Waals surface area contributed by atoms with Crippen LogP contribution in [0.1, 0.15) is 55.3 Å². The number of nitrogens with zero attached hydrogens (tertiary/aromatic N) is 2. The molecular weight excluding hydrogens is 302 g/mol. The first-order valence-corrected chi connectivity index (χ1v) is 8.76. The normalized spacial score (nSPS) is 17.3. The molecule has 0 bridgehead atoms. The van der Waals surface area contributed by atoms with Gasteiger partial charge in [0.15, 0.2) is 0 Å². The van der Waals surface area contributed by atoms with Crippen molar-refractivity contribution in [3.63, 3.8) is 0 Å². The van der Waals surface area contributed by atoms with Crippen LogP contribution in [0.15, 0.2) is 28.8 Å². The maximum atomic E-state index is 12.9. The summed E-state index contributed by atoms with van der Waals surface area (Å²) < 4.78 is 5.43. The number of hydrogen-bond donors (Lipinski definition) is 1. The monoisotopic (exact) mass is 327 g/mol. The lowest BCUT2D eigenvalue weighted by atomic mass is 10.0. The van der Waals surface area contributed by atoms with Gasteiger partial charge in [0.1, 0.15) is 5.76 Å². The molecule has 1 saturated heterocycles. The first-order valence-electron chi connectivity index (χ1n) is 8.76. The van der Waals surface area contributed by atoms with E-state index in [-0.39, 0.29) is 12.1 Å². The van der Waals surface area contributed by atoms with Gasteiger partial charge in [-0.2, -0.15) is 0 Å². The third kappa shape index (κ3) is 3.03. The summed E-state index contributed by atoms with van der Waals surface area (Å²) in [6.45, 7) is 6.87. The molecule has 1 N–H and O–H groups in total. The number of carbonyl (C=O) groups excluding carboxylic acids is 1. The molecule has 128 valence electrons. The molecule has 5 nitrogen and oxygen atoms in total. The van der Waals surface area contributed by atoms with E-state index in [1.54, 1.807) is 0 Å². The standard InChI is InChI=1S/C19H25N3O2/c1-4-14-9-6-7-10-15(14)20-19(23)22-12-8-11-16(22)18-13(3)21-24-17(18)5-2/h6-7,9-10,16H,4-5,8,11-12H2,1-3H3,(H,20,23)/t16-/m1/s1. The second-order valence-corrected chi connectivity index (χ2v) is 6.25. The minimum Gasteiger partial charge on any atom is -0.361 e. The number of urea groups is 1. The third-order valence-corrected chi connectivity index (χ3v) is 4.79. The molecule has 0 saturated carbocycles. The minimum absolute atomic E-state index is 0.0407. The van der Waals surface area contributed by atoms with E-state index in [2.05, 4.69) is 30.4 Å². The maximum absolute atomic E-state index is 12.9. The van der Waals surface area contributed by atoms with E-state index in [0.717, 1.165) is 60.5 Å². The molecule has 0 unspecified atom stereocenters. The van der Waals surface area contributed by atoms with Gasteiger partial charge in [0, 0.05) is 24.2 Å². The fourth-order valence-electron chi connectivity index (χ4n) is 3.55. The van der Waals surface area contributed by atoms with E-state index in [0.29, 0.717) is 0 Å². The summed E-state index contributed by atoms with van der Waals surface area (Å²) in [7, 11) is 0. The number of aryl methyl sites for hydroxylation is 3. The van der Waals surface area contributed by atoms with Crippen LogP contribution in [0.5, 0.6) is 0 Å². The number of nitrogens with one attached hydrogen (secondary N) is 1. The van der Waals surface area contributed by atoms with Crippen molar-refractivity contribution in [2.45, 2.75) is 52.5 Å². The van der Waals surface area contributed by atoms with Gasteiger partial charge in [0.2, 0.25) is 0 Å². The Hall–Kier alpha value is -2.30. The topological polar surface area (TPSA) is 58.4 Å². The summed E-state index contributed by atoms with van der Waals surface area (Å²) >= 11 is 0. The lowest BCUT2D eigenvalue weighted by Crippen LogP contribution is -2.35. The van der Waals surface area contributed by atoms with Crippen LogP contribution in [0.25, 0.3) is 0 Å². The highest BCUT2D eigenvalue weighted by molar-refractivity contribution is 5.90. The molecule has 0 spiro atoms. The maximum Gasteiger partial charge on any atom is 0.322 e. The number of hydrogen-bond acceptors (Lipinski definition) is 3. The largest absolute Gasteiger partial charge is 0.361 e. The first kappa shape index (κ1) is 16.6. The number of likely N-dealkylation sites (tertiary alicyclic amines) is 1. The zero-order valence-corrected chi connectivity index (χ0v) is 14.6. The Labute approximate surface area is 143 Å². The van der Waals surface area contributed by atoms with Crippen LogP contribution in [0.2, 0.25) is 0 Å². The summed E-state index contributed by atoms with van der Waals surface area (Å²) in [6.07, 6.45) is 3.64. The van der Waals surface area contributed by atoms with Crippen molar-refractivity contribution in [2.24, 2.45) is 0 Å². The molecule has 0 radical (unpaired) electrons. The van der Waals surface area contributed by atoms with Gasteiger partial charge in [-0.1, -0.05) is 37.2 Å². The lowest BCUT2D eigenvalue weighted by molar-refractivity contribution is 0.206. The van der Waals surface area contributed by atoms with Crippen molar-refractivity contribution in [3.8, 4) is 0 Å². The summed E-state index contributed by atoms with van der Waals surface area (Å²) in [6, 6.07) is 7.98. The molecule has 1 aliphatic heterocycles. The number of benzene rings is 1. The van der Waals surface area contributed by atoms with Crippen LogP contribution in [-0.2, 0) is 12.8 Å². The zero-order valence-electron chi connectivity index (χ0n) is 14.6. The molecule has 1 aromatic carbocycles. The van der Waals surface area contributed by atoms with Crippen LogP contribution in [0.3, 0.4) is 0 Å². The summed E-state index contributed by atoms with van der Waals surface area (Å²) in [5.41, 5.74) is 4.03. The molecule has 2 amide bonds. The Morgan fingerprint density at radius 1 is 1.33 bits per heavy atom. The van der Waals surface area contributed by atoms with Crippen LogP contribution >= 0.6 is 0 Å². The van der Waals surface area contributed by atoms with Crippen molar-refractivity contribution in [3.05, 3.63) is 46.8 Å². The molecule has 3 rings (SSSR count). The predicted octanol–water partition coefficient (Wildman–Crippen LogP) is 4.48. The molecule has 1 aliphatic rings. The van der Waals surface area contributed by atoms with Crippen molar-refractivity contribution >= 4 is 11.7 Å². The Morgan fingerprint density at radius 2 is 2.12 bits per heavy atom. The lowest BCUT2D eigenvalue weighted by Gasteiger charge is -2.25. The quantitative estimate of drug-likeness (QED) is 0.901. The highest BCUT2D eigenvalue weighted by Crippen LogP contribution is 2.36. The molecule has 0 aliphatic carbocycles.